The number of hydrogen-bond donors (Lipinski definition) is 3. The van der Waals surface area contributed by atoms with E-state index in [0.29, 0.717) is 12.4 Å². The molecule has 0 aliphatic heterocycles. The van der Waals surface area contributed by atoms with E-state index in [-0.39, 0.29) is 19.4 Å². The summed E-state index contributed by atoms with van der Waals surface area (Å²) in [7, 11) is 0. The zero-order chi connectivity index (χ0) is 28.9. The van der Waals surface area contributed by atoms with Crippen molar-refractivity contribution < 1.29 is 23.9 Å². The highest BCUT2D eigenvalue weighted by molar-refractivity contribution is 5.91. The summed E-state index contributed by atoms with van der Waals surface area (Å²) >= 11 is 0. The monoisotopic (exact) mass is 551 g/mol. The molecule has 0 saturated heterocycles. The van der Waals surface area contributed by atoms with Crippen molar-refractivity contribution in [1.29, 1.82) is 0 Å². The van der Waals surface area contributed by atoms with Crippen LogP contribution in [0.3, 0.4) is 0 Å². The average molecular weight is 552 g/mol. The third-order valence-electron chi connectivity index (χ3n) is 6.38. The SMILES string of the molecule is NC(=O)[C@@H](Cc1ccc(OCc2ccccc2)cc1)NC(=O)[C@H](Cc1ccccc1)NC(=O)OCc1ccccc1. The molecule has 4 aromatic carbocycles. The molecule has 8 heteroatoms. The van der Waals surface area contributed by atoms with Crippen LogP contribution in [0.2, 0.25) is 0 Å². The van der Waals surface area contributed by atoms with Crippen molar-refractivity contribution in [2.24, 2.45) is 5.73 Å². The summed E-state index contributed by atoms with van der Waals surface area (Å²) in [6, 6.07) is 33.6. The van der Waals surface area contributed by atoms with E-state index in [1.54, 1.807) is 12.1 Å². The topological polar surface area (TPSA) is 120 Å². The number of hydrogen-bond acceptors (Lipinski definition) is 5. The number of carbonyl (C=O) groups is 3. The lowest BCUT2D eigenvalue weighted by molar-refractivity contribution is -0.128. The number of amides is 3. The van der Waals surface area contributed by atoms with Crippen molar-refractivity contribution in [1.82, 2.24) is 10.6 Å². The second kappa shape index (κ2) is 14.9. The molecule has 0 bridgehead atoms. The van der Waals surface area contributed by atoms with Gasteiger partial charge in [-0.05, 0) is 34.4 Å². The average Bonchev–Trinajstić information content (AvgIpc) is 3.00. The lowest BCUT2D eigenvalue weighted by Crippen LogP contribution is -2.54. The van der Waals surface area contributed by atoms with Crippen molar-refractivity contribution in [3.8, 4) is 5.75 Å². The second-order valence-electron chi connectivity index (χ2n) is 9.53. The van der Waals surface area contributed by atoms with E-state index in [4.69, 9.17) is 15.2 Å². The molecule has 3 amide bonds. The Morgan fingerprint density at radius 2 is 1.07 bits per heavy atom. The molecule has 0 aliphatic carbocycles. The number of alkyl carbamates (subject to hydrolysis) is 1. The molecular weight excluding hydrogens is 518 g/mol. The summed E-state index contributed by atoms with van der Waals surface area (Å²) in [5.74, 6) is -0.552. The maximum absolute atomic E-state index is 13.3. The van der Waals surface area contributed by atoms with Gasteiger partial charge in [0, 0.05) is 12.8 Å². The normalized spacial score (nSPS) is 12.0. The van der Waals surface area contributed by atoms with Crippen LogP contribution in [0.5, 0.6) is 5.75 Å². The summed E-state index contributed by atoms with van der Waals surface area (Å²) in [5, 5.41) is 5.35. The number of primary amides is 1. The first kappa shape index (κ1) is 28.9. The van der Waals surface area contributed by atoms with Crippen LogP contribution >= 0.6 is 0 Å². The fourth-order valence-electron chi connectivity index (χ4n) is 4.16. The number of nitrogens with two attached hydrogens (primary N) is 1. The molecule has 2 atom stereocenters. The van der Waals surface area contributed by atoms with Crippen molar-refractivity contribution in [2.75, 3.05) is 0 Å². The van der Waals surface area contributed by atoms with Gasteiger partial charge in [-0.15, -0.1) is 0 Å². The largest absolute Gasteiger partial charge is 0.489 e. The fourth-order valence-corrected chi connectivity index (χ4v) is 4.16. The number of rotatable bonds is 13. The van der Waals surface area contributed by atoms with Crippen molar-refractivity contribution in [3.63, 3.8) is 0 Å². The van der Waals surface area contributed by atoms with E-state index >= 15 is 0 Å². The summed E-state index contributed by atoms with van der Waals surface area (Å²) in [6.07, 6.45) is -0.366. The lowest BCUT2D eigenvalue weighted by Gasteiger charge is -2.22. The maximum atomic E-state index is 13.3. The Morgan fingerprint density at radius 3 is 1.63 bits per heavy atom. The number of ether oxygens (including phenoxy) is 2. The summed E-state index contributed by atoms with van der Waals surface area (Å²) in [6.45, 7) is 0.491. The first-order valence-electron chi connectivity index (χ1n) is 13.3. The van der Waals surface area contributed by atoms with Gasteiger partial charge in [-0.3, -0.25) is 9.59 Å². The molecule has 0 spiro atoms. The van der Waals surface area contributed by atoms with Gasteiger partial charge in [0.15, 0.2) is 0 Å². The van der Waals surface area contributed by atoms with Gasteiger partial charge < -0.3 is 25.8 Å². The zero-order valence-corrected chi connectivity index (χ0v) is 22.6. The quantitative estimate of drug-likeness (QED) is 0.229. The van der Waals surface area contributed by atoms with Gasteiger partial charge in [0.25, 0.3) is 0 Å². The van der Waals surface area contributed by atoms with Crippen LogP contribution in [0.1, 0.15) is 22.3 Å². The Morgan fingerprint density at radius 1 is 0.585 bits per heavy atom. The van der Waals surface area contributed by atoms with Crippen molar-refractivity contribution in [2.45, 2.75) is 38.1 Å². The van der Waals surface area contributed by atoms with Crippen LogP contribution < -0.4 is 21.1 Å². The van der Waals surface area contributed by atoms with Gasteiger partial charge >= 0.3 is 6.09 Å². The van der Waals surface area contributed by atoms with Gasteiger partial charge in [-0.1, -0.05) is 103 Å². The van der Waals surface area contributed by atoms with Crippen LogP contribution in [0.25, 0.3) is 0 Å². The Bertz CT molecular complexity index is 1400. The minimum absolute atomic E-state index is 0.0569. The maximum Gasteiger partial charge on any atom is 0.408 e. The van der Waals surface area contributed by atoms with E-state index in [1.165, 1.54) is 0 Å². The van der Waals surface area contributed by atoms with Crippen LogP contribution in [-0.2, 0) is 40.4 Å². The van der Waals surface area contributed by atoms with E-state index in [2.05, 4.69) is 10.6 Å². The molecule has 4 aromatic rings. The highest BCUT2D eigenvalue weighted by Crippen LogP contribution is 2.16. The Balaban J connectivity index is 1.37. The van der Waals surface area contributed by atoms with Gasteiger partial charge in [0.2, 0.25) is 11.8 Å². The molecule has 0 saturated carbocycles. The lowest BCUT2D eigenvalue weighted by atomic mass is 10.0. The highest BCUT2D eigenvalue weighted by atomic mass is 16.5. The van der Waals surface area contributed by atoms with Crippen LogP contribution in [-0.4, -0.2) is 30.0 Å². The van der Waals surface area contributed by atoms with Crippen LogP contribution in [0.15, 0.2) is 115 Å². The molecule has 0 radical (unpaired) electrons. The van der Waals surface area contributed by atoms with E-state index in [0.717, 1.165) is 22.3 Å². The fraction of sp³-hybridized carbons (Fsp3) is 0.182. The minimum atomic E-state index is -0.990. The molecule has 41 heavy (non-hydrogen) atoms. The molecule has 0 fully saturated rings. The number of nitrogens with one attached hydrogen (secondary N) is 2. The molecule has 8 nitrogen and oxygen atoms in total. The molecular formula is C33H33N3O5. The Kier molecular flexibility index (Phi) is 10.5. The van der Waals surface area contributed by atoms with E-state index < -0.39 is 30.0 Å². The van der Waals surface area contributed by atoms with Gasteiger partial charge in [0.05, 0.1) is 0 Å². The molecule has 0 heterocycles. The molecule has 4 N–H and O–H groups in total. The molecule has 0 aromatic heterocycles. The Hall–Kier alpha value is -5.11. The zero-order valence-electron chi connectivity index (χ0n) is 22.6. The van der Waals surface area contributed by atoms with E-state index in [9.17, 15) is 14.4 Å². The third-order valence-corrected chi connectivity index (χ3v) is 6.38. The standard InChI is InChI=1S/C33H33N3O5/c34-31(37)29(20-25-16-18-28(19-17-25)40-22-26-12-6-2-7-13-26)35-32(38)30(21-24-10-4-1-5-11-24)36-33(39)41-23-27-14-8-3-9-15-27/h1-19,29-30H,20-23H2,(H2,34,37)(H,35,38)(H,36,39)/t29-,30+/m1/s1. The summed E-state index contributed by atoms with van der Waals surface area (Å²) in [4.78, 5) is 38.2. The van der Waals surface area contributed by atoms with Crippen LogP contribution in [0, 0.1) is 0 Å². The van der Waals surface area contributed by atoms with Crippen molar-refractivity contribution in [3.05, 3.63) is 138 Å². The van der Waals surface area contributed by atoms with Crippen LogP contribution in [0.4, 0.5) is 4.79 Å². The Labute approximate surface area is 239 Å². The van der Waals surface area contributed by atoms with Crippen molar-refractivity contribution >= 4 is 17.9 Å². The first-order chi connectivity index (χ1) is 20.0. The highest BCUT2D eigenvalue weighted by Gasteiger charge is 2.27. The second-order valence-corrected chi connectivity index (χ2v) is 9.53. The molecule has 0 unspecified atom stereocenters. The third kappa shape index (κ3) is 9.54. The predicted octanol–water partition coefficient (Wildman–Crippen LogP) is 4.32. The number of benzene rings is 4. The molecule has 0 aliphatic rings. The molecule has 4 rings (SSSR count). The number of carbonyl (C=O) groups excluding carboxylic acids is 3. The smallest absolute Gasteiger partial charge is 0.408 e. The summed E-state index contributed by atoms with van der Waals surface area (Å²) < 4.78 is 11.1. The predicted molar refractivity (Wildman–Crippen MR) is 156 cm³/mol. The van der Waals surface area contributed by atoms with Gasteiger partial charge in [-0.2, -0.15) is 0 Å². The van der Waals surface area contributed by atoms with Gasteiger partial charge in [-0.25, -0.2) is 4.79 Å². The van der Waals surface area contributed by atoms with E-state index in [1.807, 2.05) is 103 Å². The molecule has 210 valence electrons. The minimum Gasteiger partial charge on any atom is -0.489 e. The first-order valence-corrected chi connectivity index (χ1v) is 13.3. The summed E-state index contributed by atoms with van der Waals surface area (Å²) in [5.41, 5.74) is 9.14. The van der Waals surface area contributed by atoms with Gasteiger partial charge in [0.1, 0.15) is 31.0 Å².